The molecule has 0 spiro atoms. The number of amides is 1. The number of rotatable bonds is 8. The van der Waals surface area contributed by atoms with Crippen LogP contribution in [0.25, 0.3) is 0 Å². The van der Waals surface area contributed by atoms with Crippen LogP contribution in [0.1, 0.15) is 56.4 Å². The van der Waals surface area contributed by atoms with E-state index in [1.165, 1.54) is 25.7 Å². The summed E-state index contributed by atoms with van der Waals surface area (Å²) >= 11 is 0. The lowest BCUT2D eigenvalue weighted by Crippen LogP contribution is -2.23. The first-order valence-corrected chi connectivity index (χ1v) is 7.48. The van der Waals surface area contributed by atoms with Crippen LogP contribution in [-0.4, -0.2) is 35.9 Å². The first kappa shape index (κ1) is 16.5. The molecule has 20 heavy (non-hydrogen) atoms. The maximum Gasteiger partial charge on any atom is 0.272 e. The second kappa shape index (κ2) is 8.56. The standard InChI is InChI=1S/C16H27N3O/c1-5-6-7-8-9-13(2)18-14-10-11-17-15(12-14)16(20)19(3)4/h10-13H,5-9H2,1-4H3,(H,17,18). The van der Waals surface area contributed by atoms with E-state index in [1.54, 1.807) is 25.2 Å². The van der Waals surface area contributed by atoms with Gasteiger partial charge in [-0.25, -0.2) is 0 Å². The number of carbonyl (C=O) groups excluding carboxylic acids is 1. The second-order valence-corrected chi connectivity index (χ2v) is 5.52. The van der Waals surface area contributed by atoms with E-state index < -0.39 is 0 Å². The minimum absolute atomic E-state index is 0.0655. The Morgan fingerprint density at radius 3 is 2.75 bits per heavy atom. The zero-order chi connectivity index (χ0) is 15.0. The Hall–Kier alpha value is -1.58. The molecule has 0 saturated heterocycles. The maximum absolute atomic E-state index is 11.9. The Labute approximate surface area is 122 Å². The Morgan fingerprint density at radius 2 is 2.10 bits per heavy atom. The van der Waals surface area contributed by atoms with Gasteiger partial charge in [0.25, 0.3) is 5.91 Å². The molecule has 112 valence electrons. The van der Waals surface area contributed by atoms with Crippen molar-refractivity contribution in [2.75, 3.05) is 19.4 Å². The van der Waals surface area contributed by atoms with Gasteiger partial charge in [-0.2, -0.15) is 0 Å². The molecule has 1 unspecified atom stereocenters. The van der Waals surface area contributed by atoms with E-state index in [9.17, 15) is 4.79 Å². The first-order chi connectivity index (χ1) is 9.54. The minimum atomic E-state index is -0.0655. The van der Waals surface area contributed by atoms with Crippen LogP contribution in [0.4, 0.5) is 5.69 Å². The van der Waals surface area contributed by atoms with Gasteiger partial charge in [0.05, 0.1) is 0 Å². The number of anilines is 1. The molecule has 0 bridgehead atoms. The van der Waals surface area contributed by atoms with Crippen molar-refractivity contribution in [2.45, 2.75) is 52.0 Å². The molecule has 0 saturated carbocycles. The molecule has 1 atom stereocenters. The molecule has 0 aliphatic carbocycles. The van der Waals surface area contributed by atoms with Crippen molar-refractivity contribution >= 4 is 11.6 Å². The van der Waals surface area contributed by atoms with Gasteiger partial charge >= 0.3 is 0 Å². The topological polar surface area (TPSA) is 45.2 Å². The fourth-order valence-corrected chi connectivity index (χ4v) is 2.10. The highest BCUT2D eigenvalue weighted by atomic mass is 16.2. The van der Waals surface area contributed by atoms with Crippen LogP contribution in [0, 0.1) is 0 Å². The molecular formula is C16H27N3O. The van der Waals surface area contributed by atoms with Crippen LogP contribution >= 0.6 is 0 Å². The lowest BCUT2D eigenvalue weighted by atomic mass is 10.1. The SMILES string of the molecule is CCCCCCC(C)Nc1ccnc(C(=O)N(C)C)c1. The predicted octanol–water partition coefficient (Wildman–Crippen LogP) is 3.55. The summed E-state index contributed by atoms with van der Waals surface area (Å²) in [5.74, 6) is -0.0655. The first-order valence-electron chi connectivity index (χ1n) is 7.48. The zero-order valence-corrected chi connectivity index (χ0v) is 13.1. The van der Waals surface area contributed by atoms with Crippen molar-refractivity contribution in [3.63, 3.8) is 0 Å². The van der Waals surface area contributed by atoms with Gasteiger partial charge in [0.1, 0.15) is 5.69 Å². The number of nitrogens with zero attached hydrogens (tertiary/aromatic N) is 2. The second-order valence-electron chi connectivity index (χ2n) is 5.52. The molecular weight excluding hydrogens is 250 g/mol. The van der Waals surface area contributed by atoms with Crippen molar-refractivity contribution in [1.29, 1.82) is 0 Å². The lowest BCUT2D eigenvalue weighted by Gasteiger charge is -2.16. The number of unbranched alkanes of at least 4 members (excludes halogenated alkanes) is 3. The highest BCUT2D eigenvalue weighted by molar-refractivity contribution is 5.92. The van der Waals surface area contributed by atoms with Crippen LogP contribution in [0.2, 0.25) is 0 Å². The normalized spacial score (nSPS) is 12.0. The molecule has 1 heterocycles. The molecule has 1 aromatic rings. The lowest BCUT2D eigenvalue weighted by molar-refractivity contribution is 0.0822. The maximum atomic E-state index is 11.9. The molecule has 1 amide bonds. The van der Waals surface area contributed by atoms with E-state index in [0.29, 0.717) is 11.7 Å². The fraction of sp³-hybridized carbons (Fsp3) is 0.625. The molecule has 4 nitrogen and oxygen atoms in total. The van der Waals surface area contributed by atoms with E-state index in [1.807, 2.05) is 12.1 Å². The molecule has 1 N–H and O–H groups in total. The van der Waals surface area contributed by atoms with Crippen molar-refractivity contribution in [3.05, 3.63) is 24.0 Å². The summed E-state index contributed by atoms with van der Waals surface area (Å²) in [6, 6.07) is 4.15. The molecule has 1 aromatic heterocycles. The molecule has 0 aliphatic rings. The Bertz CT molecular complexity index is 418. The number of carbonyl (C=O) groups is 1. The molecule has 4 heteroatoms. The van der Waals surface area contributed by atoms with Gasteiger partial charge in [0.2, 0.25) is 0 Å². The summed E-state index contributed by atoms with van der Waals surface area (Å²) in [6.45, 7) is 4.40. The zero-order valence-electron chi connectivity index (χ0n) is 13.1. The van der Waals surface area contributed by atoms with Gasteiger partial charge in [-0.1, -0.05) is 32.6 Å². The van der Waals surface area contributed by atoms with Crippen molar-refractivity contribution in [1.82, 2.24) is 9.88 Å². The van der Waals surface area contributed by atoms with Gasteiger partial charge in [-0.05, 0) is 25.5 Å². The highest BCUT2D eigenvalue weighted by Gasteiger charge is 2.10. The van der Waals surface area contributed by atoms with Crippen LogP contribution in [-0.2, 0) is 0 Å². The van der Waals surface area contributed by atoms with E-state index in [-0.39, 0.29) is 5.91 Å². The number of hydrogen-bond acceptors (Lipinski definition) is 3. The number of aromatic nitrogens is 1. The van der Waals surface area contributed by atoms with Gasteiger partial charge in [0, 0.05) is 32.0 Å². The summed E-state index contributed by atoms with van der Waals surface area (Å²) in [7, 11) is 3.47. The average molecular weight is 277 g/mol. The number of nitrogens with one attached hydrogen (secondary N) is 1. The largest absolute Gasteiger partial charge is 0.382 e. The van der Waals surface area contributed by atoms with Crippen LogP contribution in [0.5, 0.6) is 0 Å². The molecule has 0 fully saturated rings. The monoisotopic (exact) mass is 277 g/mol. The summed E-state index contributed by atoms with van der Waals surface area (Å²) in [5.41, 5.74) is 1.45. The molecule has 0 aromatic carbocycles. The van der Waals surface area contributed by atoms with Crippen molar-refractivity contribution < 1.29 is 4.79 Å². The highest BCUT2D eigenvalue weighted by Crippen LogP contribution is 2.13. The average Bonchev–Trinajstić information content (AvgIpc) is 2.43. The summed E-state index contributed by atoms with van der Waals surface area (Å²) in [5, 5.41) is 3.44. The van der Waals surface area contributed by atoms with E-state index >= 15 is 0 Å². The van der Waals surface area contributed by atoms with E-state index in [4.69, 9.17) is 0 Å². The smallest absolute Gasteiger partial charge is 0.272 e. The van der Waals surface area contributed by atoms with Gasteiger partial charge in [-0.15, -0.1) is 0 Å². The third-order valence-electron chi connectivity index (χ3n) is 3.29. The fourth-order valence-electron chi connectivity index (χ4n) is 2.10. The minimum Gasteiger partial charge on any atom is -0.382 e. The summed E-state index contributed by atoms with van der Waals surface area (Å²) < 4.78 is 0. The third-order valence-corrected chi connectivity index (χ3v) is 3.29. The Balaban J connectivity index is 2.51. The molecule has 0 aliphatic heterocycles. The van der Waals surface area contributed by atoms with Crippen LogP contribution in [0.15, 0.2) is 18.3 Å². The molecule has 1 rings (SSSR count). The quantitative estimate of drug-likeness (QED) is 0.739. The predicted molar refractivity (Wildman–Crippen MR) is 84.1 cm³/mol. The Morgan fingerprint density at radius 1 is 1.35 bits per heavy atom. The van der Waals surface area contributed by atoms with Gasteiger partial charge < -0.3 is 10.2 Å². The summed E-state index contributed by atoms with van der Waals surface area (Å²) in [6.07, 6.45) is 7.95. The van der Waals surface area contributed by atoms with Crippen LogP contribution in [0.3, 0.4) is 0 Å². The summed E-state index contributed by atoms with van der Waals surface area (Å²) in [4.78, 5) is 17.5. The van der Waals surface area contributed by atoms with Crippen molar-refractivity contribution in [3.8, 4) is 0 Å². The van der Waals surface area contributed by atoms with E-state index in [0.717, 1.165) is 12.1 Å². The third kappa shape index (κ3) is 5.59. The van der Waals surface area contributed by atoms with Gasteiger partial charge in [-0.3, -0.25) is 9.78 Å². The van der Waals surface area contributed by atoms with E-state index in [2.05, 4.69) is 24.1 Å². The van der Waals surface area contributed by atoms with Crippen LogP contribution < -0.4 is 5.32 Å². The molecule has 0 radical (unpaired) electrons. The van der Waals surface area contributed by atoms with Crippen molar-refractivity contribution in [2.24, 2.45) is 0 Å². The number of hydrogen-bond donors (Lipinski definition) is 1. The van der Waals surface area contributed by atoms with Gasteiger partial charge in [0.15, 0.2) is 0 Å². The number of pyridine rings is 1. The Kier molecular flexibility index (Phi) is 7.05.